The topological polar surface area (TPSA) is 109 Å². The minimum Gasteiger partial charge on any atom is -0.505 e. The first-order chi connectivity index (χ1) is 14.5. The van der Waals surface area contributed by atoms with Crippen LogP contribution in [0, 0.1) is 11.8 Å². The highest BCUT2D eigenvalue weighted by atomic mass is 16.5. The number of carbonyl (C=O) groups is 2. The van der Waals surface area contributed by atoms with Crippen LogP contribution < -0.4 is 10.1 Å². The summed E-state index contributed by atoms with van der Waals surface area (Å²) in [5, 5.41) is 20.6. The summed E-state index contributed by atoms with van der Waals surface area (Å²) in [7, 11) is 0. The molecule has 3 N–H and O–H groups in total. The molecule has 0 saturated carbocycles. The number of hydrogen-bond acceptors (Lipinski definition) is 5. The van der Waals surface area contributed by atoms with Crippen molar-refractivity contribution in [2.45, 2.75) is 0 Å². The fraction of sp³-hybridized carbons (Fsp3) is 0.0870. The van der Waals surface area contributed by atoms with Crippen molar-refractivity contribution >= 4 is 11.9 Å². The smallest absolute Gasteiger partial charge is 0.322 e. The second-order valence-corrected chi connectivity index (χ2v) is 6.15. The van der Waals surface area contributed by atoms with Crippen molar-refractivity contribution in [3.8, 4) is 34.5 Å². The maximum absolute atomic E-state index is 11.8. The number of aromatic nitrogens is 1. The average molecular weight is 402 g/mol. The van der Waals surface area contributed by atoms with Gasteiger partial charge in [0.2, 0.25) is 0 Å². The third-order valence-electron chi connectivity index (χ3n) is 3.99. The predicted molar refractivity (Wildman–Crippen MR) is 110 cm³/mol. The Morgan fingerprint density at radius 1 is 1.03 bits per heavy atom. The highest BCUT2D eigenvalue weighted by molar-refractivity contribution is 5.96. The van der Waals surface area contributed by atoms with Crippen LogP contribution in [0.15, 0.2) is 66.9 Å². The lowest BCUT2D eigenvalue weighted by Crippen LogP contribution is -2.29. The van der Waals surface area contributed by atoms with Gasteiger partial charge in [-0.1, -0.05) is 54.3 Å². The lowest BCUT2D eigenvalue weighted by molar-refractivity contribution is -0.135. The van der Waals surface area contributed by atoms with Crippen LogP contribution in [-0.2, 0) is 4.79 Å². The zero-order valence-corrected chi connectivity index (χ0v) is 15.8. The number of hydrogen-bond donors (Lipinski definition) is 3. The number of nitrogens with one attached hydrogen (secondary N) is 1. The standard InChI is InChI=1S/C23H18N2O5/c26-20-13-16(14-24-22(20)23(29)25-15-21(27)28)5-4-12-30-19-10-8-18(9-11-19)17-6-2-1-3-7-17/h1-3,6-11,13-14,26H,12,15H2,(H,25,29)(H,27,28). The molecule has 1 amide bonds. The number of nitrogens with zero attached hydrogens (tertiary/aromatic N) is 1. The van der Waals surface area contributed by atoms with E-state index in [0.29, 0.717) is 11.3 Å². The molecule has 0 fully saturated rings. The monoisotopic (exact) mass is 402 g/mol. The van der Waals surface area contributed by atoms with Gasteiger partial charge in [0.25, 0.3) is 5.91 Å². The molecule has 3 rings (SSSR count). The van der Waals surface area contributed by atoms with Crippen LogP contribution in [0.4, 0.5) is 0 Å². The number of aliphatic carboxylic acids is 1. The molecule has 7 nitrogen and oxygen atoms in total. The van der Waals surface area contributed by atoms with E-state index in [0.717, 1.165) is 11.1 Å². The Kier molecular flexibility index (Phi) is 6.64. The van der Waals surface area contributed by atoms with Crippen molar-refractivity contribution in [2.75, 3.05) is 13.2 Å². The number of rotatable bonds is 6. The van der Waals surface area contributed by atoms with Crippen LogP contribution in [-0.4, -0.2) is 40.2 Å². The summed E-state index contributed by atoms with van der Waals surface area (Å²) in [6.45, 7) is -0.433. The molecule has 1 aromatic heterocycles. The first-order valence-corrected chi connectivity index (χ1v) is 8.99. The summed E-state index contributed by atoms with van der Waals surface area (Å²) < 4.78 is 5.59. The minimum absolute atomic E-state index is 0.131. The number of pyridine rings is 1. The Morgan fingerprint density at radius 3 is 2.40 bits per heavy atom. The van der Waals surface area contributed by atoms with E-state index < -0.39 is 18.4 Å². The molecule has 30 heavy (non-hydrogen) atoms. The van der Waals surface area contributed by atoms with Crippen molar-refractivity contribution in [1.82, 2.24) is 10.3 Å². The van der Waals surface area contributed by atoms with Crippen LogP contribution in [0.1, 0.15) is 16.1 Å². The van der Waals surface area contributed by atoms with E-state index in [1.165, 1.54) is 12.3 Å². The average Bonchev–Trinajstić information content (AvgIpc) is 2.76. The van der Waals surface area contributed by atoms with Crippen molar-refractivity contribution in [3.63, 3.8) is 0 Å². The van der Waals surface area contributed by atoms with E-state index >= 15 is 0 Å². The van der Waals surface area contributed by atoms with Crippen LogP contribution in [0.25, 0.3) is 11.1 Å². The number of aromatic hydroxyl groups is 1. The van der Waals surface area contributed by atoms with Gasteiger partial charge in [0.05, 0.1) is 0 Å². The summed E-state index contributed by atoms with van der Waals surface area (Å²) in [6, 6.07) is 18.9. The van der Waals surface area contributed by atoms with Crippen molar-refractivity contribution in [3.05, 3.63) is 78.1 Å². The summed E-state index contributed by atoms with van der Waals surface area (Å²) in [6.07, 6.45) is 1.32. The van der Waals surface area contributed by atoms with Gasteiger partial charge in [0.15, 0.2) is 5.69 Å². The molecule has 0 spiro atoms. The van der Waals surface area contributed by atoms with Gasteiger partial charge in [-0.25, -0.2) is 4.98 Å². The Hall–Kier alpha value is -4.31. The van der Waals surface area contributed by atoms with Crippen molar-refractivity contribution < 1.29 is 24.5 Å². The molecule has 7 heteroatoms. The Balaban J connectivity index is 1.56. The highest BCUT2D eigenvalue weighted by Gasteiger charge is 2.13. The third-order valence-corrected chi connectivity index (χ3v) is 3.99. The number of amides is 1. The molecule has 1 heterocycles. The number of benzene rings is 2. The number of carboxylic acid groups (broad SMARTS) is 1. The molecular formula is C23H18N2O5. The third kappa shape index (κ3) is 5.59. The Morgan fingerprint density at radius 2 is 1.73 bits per heavy atom. The molecule has 0 radical (unpaired) electrons. The van der Waals surface area contributed by atoms with Gasteiger partial charge >= 0.3 is 5.97 Å². The number of carbonyl (C=O) groups excluding carboxylic acids is 1. The summed E-state index contributed by atoms with van der Waals surface area (Å²) in [5.74, 6) is 3.91. The van der Waals surface area contributed by atoms with E-state index in [4.69, 9.17) is 9.84 Å². The zero-order valence-electron chi connectivity index (χ0n) is 15.8. The fourth-order valence-electron chi connectivity index (χ4n) is 2.57. The highest BCUT2D eigenvalue weighted by Crippen LogP contribution is 2.22. The molecule has 2 aromatic carbocycles. The second kappa shape index (κ2) is 9.75. The van der Waals surface area contributed by atoms with Gasteiger partial charge in [-0.3, -0.25) is 9.59 Å². The normalized spacial score (nSPS) is 9.87. The van der Waals surface area contributed by atoms with E-state index in [-0.39, 0.29) is 18.1 Å². The largest absolute Gasteiger partial charge is 0.505 e. The maximum atomic E-state index is 11.8. The molecule has 0 aliphatic carbocycles. The van der Waals surface area contributed by atoms with E-state index in [2.05, 4.69) is 22.1 Å². The van der Waals surface area contributed by atoms with E-state index in [9.17, 15) is 14.7 Å². The SMILES string of the molecule is O=C(O)CNC(=O)c1ncc(C#CCOc2ccc(-c3ccccc3)cc2)cc1O. The van der Waals surface area contributed by atoms with Gasteiger partial charge < -0.3 is 20.3 Å². The van der Waals surface area contributed by atoms with Gasteiger partial charge in [0.1, 0.15) is 24.7 Å². The molecule has 0 aliphatic heterocycles. The fourth-order valence-corrected chi connectivity index (χ4v) is 2.57. The van der Waals surface area contributed by atoms with Gasteiger partial charge in [-0.05, 0) is 29.3 Å². The molecule has 0 unspecified atom stereocenters. The van der Waals surface area contributed by atoms with Gasteiger partial charge in [-0.15, -0.1) is 0 Å². The van der Waals surface area contributed by atoms with Gasteiger partial charge in [0, 0.05) is 11.8 Å². The number of carboxylic acids is 1. The molecular weight excluding hydrogens is 384 g/mol. The summed E-state index contributed by atoms with van der Waals surface area (Å²) >= 11 is 0. The predicted octanol–water partition coefficient (Wildman–Crippen LogP) is 2.70. The zero-order chi connectivity index (χ0) is 21.3. The second-order valence-electron chi connectivity index (χ2n) is 6.15. The molecule has 0 bridgehead atoms. The van der Waals surface area contributed by atoms with Gasteiger partial charge in [-0.2, -0.15) is 0 Å². The first kappa shape index (κ1) is 20.4. The Bertz CT molecular complexity index is 1100. The molecule has 0 saturated heterocycles. The van der Waals surface area contributed by atoms with Crippen molar-refractivity contribution in [2.24, 2.45) is 0 Å². The first-order valence-electron chi connectivity index (χ1n) is 8.99. The van der Waals surface area contributed by atoms with Crippen LogP contribution in [0.5, 0.6) is 11.5 Å². The van der Waals surface area contributed by atoms with Crippen LogP contribution in [0.3, 0.4) is 0 Å². The van der Waals surface area contributed by atoms with Crippen LogP contribution in [0.2, 0.25) is 0 Å². The molecule has 3 aromatic rings. The molecule has 150 valence electrons. The van der Waals surface area contributed by atoms with E-state index in [1.807, 2.05) is 54.6 Å². The maximum Gasteiger partial charge on any atom is 0.322 e. The van der Waals surface area contributed by atoms with E-state index in [1.54, 1.807) is 0 Å². The lowest BCUT2D eigenvalue weighted by atomic mass is 10.1. The summed E-state index contributed by atoms with van der Waals surface area (Å²) in [4.78, 5) is 26.1. The van der Waals surface area contributed by atoms with Crippen molar-refractivity contribution in [1.29, 1.82) is 0 Å². The summed E-state index contributed by atoms with van der Waals surface area (Å²) in [5.41, 5.74) is 2.33. The minimum atomic E-state index is -1.19. The molecule has 0 aliphatic rings. The Labute approximate surface area is 173 Å². The quantitative estimate of drug-likeness (QED) is 0.547. The lowest BCUT2D eigenvalue weighted by Gasteiger charge is -2.05. The number of ether oxygens (including phenoxy) is 1. The van der Waals surface area contributed by atoms with Crippen LogP contribution >= 0.6 is 0 Å². The molecule has 0 atom stereocenters.